The molecule has 0 radical (unpaired) electrons. The van der Waals surface area contributed by atoms with Crippen molar-refractivity contribution in [2.75, 3.05) is 11.1 Å². The molecule has 0 unspecified atom stereocenters. The summed E-state index contributed by atoms with van der Waals surface area (Å²) < 4.78 is 25.1. The number of hydrogen-bond acceptors (Lipinski definition) is 5. The van der Waals surface area contributed by atoms with Crippen molar-refractivity contribution < 1.29 is 18.1 Å². The molecule has 3 rings (SSSR count). The number of amides is 1. The average Bonchev–Trinajstić information content (AvgIpc) is 2.62. The molecule has 0 fully saturated rings. The standard InChI is InChI=1S/C18H13ClN2O5S/c19-15-5-1-2-6-16(15)20-18(22)11-27(25,26)13-8-9-14-12(10-13)4-3-7-17(14)21(23)24/h1-10H,11H2,(H,20,22). The lowest BCUT2D eigenvalue weighted by atomic mass is 10.1. The molecule has 0 atom stereocenters. The Kier molecular flexibility index (Phi) is 5.11. The Labute approximate surface area is 159 Å². The second-order valence-electron chi connectivity index (χ2n) is 5.70. The van der Waals surface area contributed by atoms with Gasteiger partial charge in [-0.15, -0.1) is 0 Å². The Balaban J connectivity index is 1.87. The number of fused-ring (bicyclic) bond motifs is 1. The van der Waals surface area contributed by atoms with Crippen LogP contribution in [-0.2, 0) is 14.6 Å². The van der Waals surface area contributed by atoms with Gasteiger partial charge in [-0.3, -0.25) is 14.9 Å². The highest BCUT2D eigenvalue weighted by Crippen LogP contribution is 2.28. The molecule has 0 spiro atoms. The molecule has 1 amide bonds. The summed E-state index contributed by atoms with van der Waals surface area (Å²) in [6, 6.07) is 14.8. The molecule has 0 saturated carbocycles. The third kappa shape index (κ3) is 4.07. The SMILES string of the molecule is O=C(CS(=O)(=O)c1ccc2c([N+](=O)[O-])cccc2c1)Nc1ccccc1Cl. The Morgan fingerprint density at radius 1 is 1.07 bits per heavy atom. The minimum absolute atomic E-state index is 0.0928. The second-order valence-corrected chi connectivity index (χ2v) is 8.10. The number of anilines is 1. The zero-order valence-electron chi connectivity index (χ0n) is 13.8. The number of halogens is 1. The van der Waals surface area contributed by atoms with Crippen molar-refractivity contribution in [2.24, 2.45) is 0 Å². The molecule has 3 aromatic carbocycles. The molecule has 0 aromatic heterocycles. The molecule has 1 N–H and O–H groups in total. The van der Waals surface area contributed by atoms with E-state index in [4.69, 9.17) is 11.6 Å². The topological polar surface area (TPSA) is 106 Å². The van der Waals surface area contributed by atoms with Crippen LogP contribution < -0.4 is 5.32 Å². The van der Waals surface area contributed by atoms with Gasteiger partial charge in [0.15, 0.2) is 9.84 Å². The van der Waals surface area contributed by atoms with E-state index >= 15 is 0 Å². The summed E-state index contributed by atoms with van der Waals surface area (Å²) in [6.07, 6.45) is 0. The molecule has 3 aromatic rings. The fraction of sp³-hybridized carbons (Fsp3) is 0.0556. The predicted molar refractivity (Wildman–Crippen MR) is 103 cm³/mol. The summed E-state index contributed by atoms with van der Waals surface area (Å²) in [5.74, 6) is -1.51. The lowest BCUT2D eigenvalue weighted by molar-refractivity contribution is -0.383. The lowest BCUT2D eigenvalue weighted by Gasteiger charge is -2.08. The number of benzene rings is 3. The van der Waals surface area contributed by atoms with Crippen molar-refractivity contribution in [1.82, 2.24) is 0 Å². The molecular formula is C18H13ClN2O5S. The minimum atomic E-state index is -3.94. The molecule has 7 nitrogen and oxygen atoms in total. The van der Waals surface area contributed by atoms with Gasteiger partial charge in [-0.2, -0.15) is 0 Å². The third-order valence-corrected chi connectivity index (χ3v) is 5.80. The third-order valence-electron chi connectivity index (χ3n) is 3.85. The van der Waals surface area contributed by atoms with Gasteiger partial charge in [0.05, 0.1) is 25.9 Å². The van der Waals surface area contributed by atoms with Crippen molar-refractivity contribution >= 4 is 49.5 Å². The van der Waals surface area contributed by atoms with Crippen molar-refractivity contribution in [3.63, 3.8) is 0 Å². The smallest absolute Gasteiger partial charge is 0.277 e. The number of hydrogen-bond donors (Lipinski definition) is 1. The van der Waals surface area contributed by atoms with Crippen LogP contribution in [0.5, 0.6) is 0 Å². The number of nitrogens with one attached hydrogen (secondary N) is 1. The largest absolute Gasteiger partial charge is 0.324 e. The summed E-state index contributed by atoms with van der Waals surface area (Å²) in [5, 5.41) is 14.5. The molecule has 0 bridgehead atoms. The van der Waals surface area contributed by atoms with Crippen LogP contribution in [0, 0.1) is 10.1 Å². The van der Waals surface area contributed by atoms with Crippen LogP contribution in [0.15, 0.2) is 65.6 Å². The molecule has 27 heavy (non-hydrogen) atoms. The number of rotatable bonds is 5. The Hall–Kier alpha value is -2.97. The Morgan fingerprint density at radius 2 is 1.81 bits per heavy atom. The Morgan fingerprint density at radius 3 is 2.52 bits per heavy atom. The van der Waals surface area contributed by atoms with E-state index in [0.29, 0.717) is 21.5 Å². The molecule has 138 valence electrons. The van der Waals surface area contributed by atoms with E-state index in [-0.39, 0.29) is 10.6 Å². The molecule has 0 aliphatic heterocycles. The van der Waals surface area contributed by atoms with Crippen LogP contribution in [0.4, 0.5) is 11.4 Å². The van der Waals surface area contributed by atoms with Gasteiger partial charge in [0.1, 0.15) is 5.75 Å². The maximum atomic E-state index is 12.6. The summed E-state index contributed by atoms with van der Waals surface area (Å²) in [5.41, 5.74) is 0.196. The number of nitrogens with zero attached hydrogens (tertiary/aromatic N) is 1. The van der Waals surface area contributed by atoms with Crippen LogP contribution in [0.1, 0.15) is 0 Å². The highest BCUT2D eigenvalue weighted by molar-refractivity contribution is 7.92. The van der Waals surface area contributed by atoms with E-state index in [0.717, 1.165) is 0 Å². The van der Waals surface area contributed by atoms with Gasteiger partial charge < -0.3 is 5.32 Å². The fourth-order valence-electron chi connectivity index (χ4n) is 2.60. The zero-order valence-corrected chi connectivity index (χ0v) is 15.3. The first-order valence-electron chi connectivity index (χ1n) is 7.72. The van der Waals surface area contributed by atoms with Crippen LogP contribution >= 0.6 is 11.6 Å². The Bertz CT molecular complexity index is 1160. The maximum absolute atomic E-state index is 12.6. The predicted octanol–water partition coefficient (Wildman–Crippen LogP) is 3.81. The van der Waals surface area contributed by atoms with Crippen LogP contribution in [0.2, 0.25) is 5.02 Å². The van der Waals surface area contributed by atoms with Crippen molar-refractivity contribution in [3.8, 4) is 0 Å². The van der Waals surface area contributed by atoms with Gasteiger partial charge in [-0.1, -0.05) is 35.9 Å². The summed E-state index contributed by atoms with van der Waals surface area (Å²) in [6.45, 7) is 0. The highest BCUT2D eigenvalue weighted by Gasteiger charge is 2.21. The number of nitro groups is 1. The van der Waals surface area contributed by atoms with E-state index < -0.39 is 26.4 Å². The fourth-order valence-corrected chi connectivity index (χ4v) is 3.95. The van der Waals surface area contributed by atoms with E-state index in [1.165, 1.54) is 30.3 Å². The number of nitro benzene ring substituents is 1. The molecule has 0 aliphatic rings. The van der Waals surface area contributed by atoms with Gasteiger partial charge in [-0.25, -0.2) is 8.42 Å². The number of non-ortho nitro benzene ring substituents is 1. The first kappa shape index (κ1) is 18.8. The van der Waals surface area contributed by atoms with E-state index in [9.17, 15) is 23.3 Å². The lowest BCUT2D eigenvalue weighted by Crippen LogP contribution is -2.23. The quantitative estimate of drug-likeness (QED) is 0.514. The average molecular weight is 405 g/mol. The number of para-hydroxylation sites is 1. The summed E-state index contributed by atoms with van der Waals surface area (Å²) in [7, 11) is -3.94. The van der Waals surface area contributed by atoms with E-state index in [1.807, 2.05) is 0 Å². The van der Waals surface area contributed by atoms with Gasteiger partial charge in [0.25, 0.3) is 5.69 Å². The summed E-state index contributed by atoms with van der Waals surface area (Å²) in [4.78, 5) is 22.6. The minimum Gasteiger partial charge on any atom is -0.324 e. The molecule has 0 heterocycles. The van der Waals surface area contributed by atoms with Crippen molar-refractivity contribution in [1.29, 1.82) is 0 Å². The van der Waals surface area contributed by atoms with Gasteiger partial charge >= 0.3 is 0 Å². The maximum Gasteiger partial charge on any atom is 0.277 e. The van der Waals surface area contributed by atoms with Crippen LogP contribution in [0.25, 0.3) is 10.8 Å². The van der Waals surface area contributed by atoms with Crippen LogP contribution in [0.3, 0.4) is 0 Å². The first-order chi connectivity index (χ1) is 12.8. The van der Waals surface area contributed by atoms with E-state index in [1.54, 1.807) is 30.3 Å². The van der Waals surface area contributed by atoms with Gasteiger partial charge in [0, 0.05) is 6.07 Å². The van der Waals surface area contributed by atoms with Gasteiger partial charge in [-0.05, 0) is 35.7 Å². The monoisotopic (exact) mass is 404 g/mol. The highest BCUT2D eigenvalue weighted by atomic mass is 35.5. The normalized spacial score (nSPS) is 11.3. The summed E-state index contributed by atoms with van der Waals surface area (Å²) >= 11 is 5.94. The van der Waals surface area contributed by atoms with Crippen molar-refractivity contribution in [2.45, 2.75) is 4.90 Å². The molecule has 0 saturated heterocycles. The second kappa shape index (κ2) is 7.34. The number of sulfone groups is 1. The number of carbonyl (C=O) groups excluding carboxylic acids is 1. The zero-order chi connectivity index (χ0) is 19.6. The van der Waals surface area contributed by atoms with Crippen LogP contribution in [-0.4, -0.2) is 25.0 Å². The first-order valence-corrected chi connectivity index (χ1v) is 9.75. The molecule has 9 heteroatoms. The number of carbonyl (C=O) groups is 1. The molecular weight excluding hydrogens is 392 g/mol. The van der Waals surface area contributed by atoms with Gasteiger partial charge in [0.2, 0.25) is 5.91 Å². The van der Waals surface area contributed by atoms with Crippen molar-refractivity contribution in [3.05, 3.63) is 75.8 Å². The molecule has 0 aliphatic carbocycles. The van der Waals surface area contributed by atoms with E-state index in [2.05, 4.69) is 5.32 Å².